The minimum atomic E-state index is -0.874. The summed E-state index contributed by atoms with van der Waals surface area (Å²) in [5.41, 5.74) is -1.23. The van der Waals surface area contributed by atoms with Crippen molar-refractivity contribution < 1.29 is 9.31 Å². The van der Waals surface area contributed by atoms with E-state index in [2.05, 4.69) is 0 Å². The van der Waals surface area contributed by atoms with Gasteiger partial charge in [0.1, 0.15) is 0 Å². The second kappa shape index (κ2) is 3.02. The van der Waals surface area contributed by atoms with Crippen molar-refractivity contribution in [2.75, 3.05) is 0 Å². The molecule has 2 rings (SSSR count). The molecule has 0 bridgehead atoms. The van der Waals surface area contributed by atoms with E-state index in [0.29, 0.717) is 12.8 Å². The van der Waals surface area contributed by atoms with Crippen molar-refractivity contribution in [2.24, 2.45) is 0 Å². The number of nitriles is 1. The molecule has 0 saturated heterocycles. The molecule has 1 saturated carbocycles. The van der Waals surface area contributed by atoms with Gasteiger partial charge in [0.25, 0.3) is 0 Å². The molecule has 1 aliphatic carbocycles. The van der Waals surface area contributed by atoms with Crippen LogP contribution in [0.2, 0.25) is 0 Å². The van der Waals surface area contributed by atoms with Gasteiger partial charge in [0.05, 0.1) is 16.4 Å². The van der Waals surface area contributed by atoms with Gasteiger partial charge in [-0.2, -0.15) is 9.65 Å². The predicted molar refractivity (Wildman–Crippen MR) is 49.6 cm³/mol. The average molecular weight is 206 g/mol. The number of nitro benzene ring substituents is 1. The van der Waals surface area contributed by atoms with E-state index < -0.39 is 21.8 Å². The maximum absolute atomic E-state index is 13.7. The third kappa shape index (κ3) is 1.34. The lowest BCUT2D eigenvalue weighted by molar-refractivity contribution is -0.387. The number of rotatable bonds is 2. The maximum atomic E-state index is 13.7. The molecule has 0 heterocycles. The Morgan fingerprint density at radius 1 is 1.53 bits per heavy atom. The van der Waals surface area contributed by atoms with Gasteiger partial charge in [0.2, 0.25) is 5.82 Å². The second-order valence-corrected chi connectivity index (χ2v) is 3.59. The van der Waals surface area contributed by atoms with E-state index in [1.807, 2.05) is 6.07 Å². The van der Waals surface area contributed by atoms with Gasteiger partial charge < -0.3 is 0 Å². The van der Waals surface area contributed by atoms with Crippen molar-refractivity contribution in [1.29, 1.82) is 5.26 Å². The molecule has 0 aliphatic heterocycles. The van der Waals surface area contributed by atoms with Crippen LogP contribution in [0.15, 0.2) is 18.2 Å². The van der Waals surface area contributed by atoms with E-state index in [1.54, 1.807) is 0 Å². The maximum Gasteiger partial charge on any atom is 0.305 e. The fourth-order valence-electron chi connectivity index (χ4n) is 1.60. The van der Waals surface area contributed by atoms with Gasteiger partial charge in [-0.25, -0.2) is 0 Å². The third-order valence-electron chi connectivity index (χ3n) is 2.65. The lowest BCUT2D eigenvalue weighted by Gasteiger charge is -2.06. The van der Waals surface area contributed by atoms with Crippen molar-refractivity contribution in [2.45, 2.75) is 18.3 Å². The van der Waals surface area contributed by atoms with Crippen LogP contribution in [-0.2, 0) is 5.41 Å². The van der Waals surface area contributed by atoms with Gasteiger partial charge in [0, 0.05) is 11.6 Å². The number of nitrogens with zero attached hydrogens (tertiary/aromatic N) is 2. The van der Waals surface area contributed by atoms with Crippen LogP contribution >= 0.6 is 0 Å². The summed E-state index contributed by atoms with van der Waals surface area (Å²) < 4.78 is 13.7. The molecule has 0 radical (unpaired) electrons. The van der Waals surface area contributed by atoms with Crippen LogP contribution in [0.1, 0.15) is 18.4 Å². The molecule has 0 atom stereocenters. The Kier molecular flexibility index (Phi) is 1.93. The van der Waals surface area contributed by atoms with Crippen molar-refractivity contribution in [3.63, 3.8) is 0 Å². The monoisotopic (exact) mass is 206 g/mol. The molecule has 1 aromatic rings. The van der Waals surface area contributed by atoms with E-state index in [1.165, 1.54) is 12.1 Å². The number of hydrogen-bond donors (Lipinski definition) is 0. The molecule has 5 heteroatoms. The number of nitro groups is 1. The van der Waals surface area contributed by atoms with E-state index in [4.69, 9.17) is 5.26 Å². The summed E-state index contributed by atoms with van der Waals surface area (Å²) in [4.78, 5) is 9.72. The van der Waals surface area contributed by atoms with Crippen molar-refractivity contribution >= 4 is 5.69 Å². The highest BCUT2D eigenvalue weighted by molar-refractivity contribution is 5.46. The quantitative estimate of drug-likeness (QED) is 0.550. The summed E-state index contributed by atoms with van der Waals surface area (Å²) in [6.45, 7) is 0. The number of halogens is 1. The van der Waals surface area contributed by atoms with Crippen molar-refractivity contribution in [1.82, 2.24) is 0 Å². The van der Waals surface area contributed by atoms with Crippen LogP contribution in [0, 0.1) is 27.3 Å². The second-order valence-electron chi connectivity index (χ2n) is 3.59. The van der Waals surface area contributed by atoms with Gasteiger partial charge in [-0.3, -0.25) is 10.1 Å². The Hall–Kier alpha value is -1.96. The molecule has 0 amide bonds. The summed E-state index contributed by atoms with van der Waals surface area (Å²) in [5, 5.41) is 19.4. The minimum Gasteiger partial charge on any atom is -0.258 e. The highest BCUT2D eigenvalue weighted by atomic mass is 19.1. The van der Waals surface area contributed by atoms with E-state index in [0.717, 1.165) is 6.07 Å². The molecule has 4 nitrogen and oxygen atoms in total. The Morgan fingerprint density at radius 2 is 2.20 bits per heavy atom. The van der Waals surface area contributed by atoms with E-state index in [9.17, 15) is 14.5 Å². The summed E-state index contributed by atoms with van der Waals surface area (Å²) in [6, 6.07) is 5.97. The molecule has 0 spiro atoms. The molecule has 0 aromatic heterocycles. The van der Waals surface area contributed by atoms with Crippen LogP contribution in [0.5, 0.6) is 0 Å². The van der Waals surface area contributed by atoms with Crippen LogP contribution in [0.25, 0.3) is 0 Å². The highest BCUT2D eigenvalue weighted by Gasteiger charge is 2.47. The molecule has 1 aromatic carbocycles. The largest absolute Gasteiger partial charge is 0.305 e. The summed E-state index contributed by atoms with van der Waals surface area (Å²) >= 11 is 0. The zero-order chi connectivity index (χ0) is 11.1. The van der Waals surface area contributed by atoms with Crippen LogP contribution in [0.4, 0.5) is 10.1 Å². The fraction of sp³-hybridized carbons (Fsp3) is 0.300. The average Bonchev–Trinajstić information content (AvgIpc) is 2.98. The highest BCUT2D eigenvalue weighted by Crippen LogP contribution is 2.49. The smallest absolute Gasteiger partial charge is 0.258 e. The molecule has 15 heavy (non-hydrogen) atoms. The molecule has 1 fully saturated rings. The van der Waals surface area contributed by atoms with Gasteiger partial charge in [-0.15, -0.1) is 0 Å². The van der Waals surface area contributed by atoms with Gasteiger partial charge in [-0.1, -0.05) is 12.1 Å². The molecular weight excluding hydrogens is 199 g/mol. The molecule has 0 N–H and O–H groups in total. The number of benzene rings is 1. The van der Waals surface area contributed by atoms with Crippen LogP contribution in [-0.4, -0.2) is 4.92 Å². The fourth-order valence-corrected chi connectivity index (χ4v) is 1.60. The topological polar surface area (TPSA) is 66.9 Å². The Balaban J connectivity index is 2.56. The molecule has 0 unspecified atom stereocenters. The molecule has 76 valence electrons. The zero-order valence-corrected chi connectivity index (χ0v) is 7.74. The van der Waals surface area contributed by atoms with E-state index in [-0.39, 0.29) is 5.56 Å². The summed E-state index contributed by atoms with van der Waals surface area (Å²) in [7, 11) is 0. The Bertz CT molecular complexity index is 475. The standard InChI is InChI=1S/C10H7FN2O2/c11-9-7(10(6-12)4-5-10)2-1-3-8(9)13(14)15/h1-3H,4-5H2. The molecule has 1 aliphatic rings. The first-order valence-corrected chi connectivity index (χ1v) is 4.45. The Labute approximate surface area is 85.1 Å². The number of hydrogen-bond acceptors (Lipinski definition) is 3. The van der Waals surface area contributed by atoms with Crippen molar-refractivity contribution in [3.05, 3.63) is 39.7 Å². The minimum absolute atomic E-state index is 0.152. The SMILES string of the molecule is N#CC1(c2cccc([N+](=O)[O-])c2F)CC1. The third-order valence-corrected chi connectivity index (χ3v) is 2.65. The lowest BCUT2D eigenvalue weighted by atomic mass is 9.96. The van der Waals surface area contributed by atoms with Gasteiger partial charge in [-0.05, 0) is 12.8 Å². The normalized spacial score (nSPS) is 16.8. The first-order valence-electron chi connectivity index (χ1n) is 4.45. The van der Waals surface area contributed by atoms with Crippen LogP contribution in [0.3, 0.4) is 0 Å². The van der Waals surface area contributed by atoms with Crippen LogP contribution < -0.4 is 0 Å². The summed E-state index contributed by atoms with van der Waals surface area (Å²) in [6.07, 6.45) is 1.14. The zero-order valence-electron chi connectivity index (χ0n) is 7.74. The lowest BCUT2D eigenvalue weighted by Crippen LogP contribution is -2.07. The van der Waals surface area contributed by atoms with Gasteiger partial charge >= 0.3 is 5.69 Å². The first-order chi connectivity index (χ1) is 7.10. The van der Waals surface area contributed by atoms with E-state index >= 15 is 0 Å². The van der Waals surface area contributed by atoms with Gasteiger partial charge in [0.15, 0.2) is 0 Å². The molecular formula is C10H7FN2O2. The summed E-state index contributed by atoms with van der Waals surface area (Å²) in [5.74, 6) is -0.874. The predicted octanol–water partition coefficient (Wildman–Crippen LogP) is 2.29. The first kappa shape index (κ1) is 9.59. The Morgan fingerprint density at radius 3 is 2.67 bits per heavy atom. The van der Waals surface area contributed by atoms with Crippen molar-refractivity contribution in [3.8, 4) is 6.07 Å².